The number of benzene rings is 2. The van der Waals surface area contributed by atoms with Crippen molar-refractivity contribution >= 4 is 44.3 Å². The quantitative estimate of drug-likeness (QED) is 0.433. The number of fused-ring (bicyclic) bond motifs is 6. The van der Waals surface area contributed by atoms with Gasteiger partial charge < -0.3 is 0 Å². The summed E-state index contributed by atoms with van der Waals surface area (Å²) in [5, 5.41) is 0.969. The van der Waals surface area contributed by atoms with Crippen molar-refractivity contribution < 1.29 is 9.59 Å². The number of aromatic nitrogens is 2. The van der Waals surface area contributed by atoms with Crippen molar-refractivity contribution in [3.8, 4) is 11.4 Å². The molecule has 2 amide bonds. The average Bonchev–Trinajstić information content (AvgIpc) is 3.41. The Labute approximate surface area is 175 Å². The molecule has 0 radical (unpaired) electrons. The van der Waals surface area contributed by atoms with E-state index in [2.05, 4.69) is 38.0 Å². The lowest BCUT2D eigenvalue weighted by Gasteiger charge is -2.17. The van der Waals surface area contributed by atoms with Gasteiger partial charge in [0.25, 0.3) is 0 Å². The number of imide groups is 1. The molecule has 0 spiro atoms. The monoisotopic (exact) mass is 445 g/mol. The van der Waals surface area contributed by atoms with Crippen molar-refractivity contribution in [1.29, 1.82) is 0 Å². The number of amides is 2. The van der Waals surface area contributed by atoms with E-state index in [0.29, 0.717) is 11.5 Å². The molecule has 142 valence electrons. The molecular formula is C23H16BrN3O2. The highest BCUT2D eigenvalue weighted by Gasteiger charge is 2.59. The van der Waals surface area contributed by atoms with E-state index < -0.39 is 0 Å². The lowest BCUT2D eigenvalue weighted by atomic mass is 9.85. The van der Waals surface area contributed by atoms with Gasteiger partial charge in [0, 0.05) is 21.6 Å². The molecule has 5 nitrogen and oxygen atoms in total. The predicted molar refractivity (Wildman–Crippen MR) is 113 cm³/mol. The van der Waals surface area contributed by atoms with Crippen molar-refractivity contribution in [2.45, 2.75) is 6.42 Å². The van der Waals surface area contributed by atoms with Crippen LogP contribution in [0.25, 0.3) is 22.3 Å². The first-order chi connectivity index (χ1) is 14.1. The highest BCUT2D eigenvalue weighted by atomic mass is 79.9. The molecule has 6 heteroatoms. The number of nitrogens with zero attached hydrogens (tertiary/aromatic N) is 3. The summed E-state index contributed by atoms with van der Waals surface area (Å²) in [4.78, 5) is 36.4. The summed E-state index contributed by atoms with van der Waals surface area (Å²) in [6, 6.07) is 13.3. The summed E-state index contributed by atoms with van der Waals surface area (Å²) in [6.45, 7) is 0. The van der Waals surface area contributed by atoms with Gasteiger partial charge in [-0.3, -0.25) is 14.5 Å². The maximum atomic E-state index is 13.0. The van der Waals surface area contributed by atoms with Gasteiger partial charge in [0.2, 0.25) is 11.8 Å². The molecule has 3 aromatic rings. The number of rotatable bonds is 2. The molecule has 0 N–H and O–H groups in total. The standard InChI is InChI=1S/C23H16BrN3O2/c24-16-6-3-15-11-25-21(26-18(15)10-16)12-4-7-17(8-5-12)27-22(28)19-13-1-2-14(9-13)20(19)23(27)29/h1-8,10-11,13-14,19-20H,9H2/t13-,14-,19-,20+/m1/s1. The van der Waals surface area contributed by atoms with E-state index in [1.54, 1.807) is 6.20 Å². The molecule has 3 aliphatic rings. The summed E-state index contributed by atoms with van der Waals surface area (Å²) in [5.74, 6) is 0.569. The van der Waals surface area contributed by atoms with Crippen LogP contribution in [0.15, 0.2) is 65.3 Å². The molecule has 29 heavy (non-hydrogen) atoms. The second-order valence-corrected chi connectivity index (χ2v) is 8.87. The maximum absolute atomic E-state index is 13.0. The number of carbonyl (C=O) groups excluding carboxylic acids is 2. The highest BCUT2D eigenvalue weighted by Crippen LogP contribution is 2.53. The Balaban J connectivity index is 1.32. The van der Waals surface area contributed by atoms with Gasteiger partial charge in [0.1, 0.15) is 0 Å². The highest BCUT2D eigenvalue weighted by molar-refractivity contribution is 9.10. The zero-order chi connectivity index (χ0) is 19.7. The minimum absolute atomic E-state index is 0.0589. The molecule has 2 aliphatic carbocycles. The maximum Gasteiger partial charge on any atom is 0.238 e. The molecule has 1 aromatic heterocycles. The fourth-order valence-electron chi connectivity index (χ4n) is 5.05. The van der Waals surface area contributed by atoms with Crippen LogP contribution in [0, 0.1) is 23.7 Å². The molecule has 6 rings (SSSR count). The second kappa shape index (κ2) is 6.07. The minimum Gasteiger partial charge on any atom is -0.274 e. The first kappa shape index (κ1) is 17.0. The number of carbonyl (C=O) groups is 2. The smallest absolute Gasteiger partial charge is 0.238 e. The van der Waals surface area contributed by atoms with Gasteiger partial charge in [-0.25, -0.2) is 9.97 Å². The third kappa shape index (κ3) is 2.45. The summed E-state index contributed by atoms with van der Waals surface area (Å²) in [6.07, 6.45) is 6.96. The molecular weight excluding hydrogens is 430 g/mol. The van der Waals surface area contributed by atoms with Crippen LogP contribution < -0.4 is 4.90 Å². The zero-order valence-electron chi connectivity index (χ0n) is 15.3. The fraction of sp³-hybridized carbons (Fsp3) is 0.217. The minimum atomic E-state index is -0.181. The average molecular weight is 446 g/mol. The van der Waals surface area contributed by atoms with Gasteiger partial charge in [-0.1, -0.05) is 34.1 Å². The topological polar surface area (TPSA) is 63.2 Å². The lowest BCUT2D eigenvalue weighted by molar-refractivity contribution is -0.123. The van der Waals surface area contributed by atoms with Crippen molar-refractivity contribution in [2.24, 2.45) is 23.7 Å². The normalized spacial score (nSPS) is 27.3. The molecule has 1 saturated carbocycles. The van der Waals surface area contributed by atoms with Gasteiger partial charge in [-0.15, -0.1) is 0 Å². The first-order valence-corrected chi connectivity index (χ1v) is 10.5. The van der Waals surface area contributed by atoms with E-state index in [9.17, 15) is 9.59 Å². The first-order valence-electron chi connectivity index (χ1n) is 9.69. The van der Waals surface area contributed by atoms with E-state index in [-0.39, 0.29) is 35.5 Å². The molecule has 4 atom stereocenters. The third-order valence-corrected chi connectivity index (χ3v) is 6.89. The molecule has 1 saturated heterocycles. The van der Waals surface area contributed by atoms with Gasteiger partial charge >= 0.3 is 0 Å². The van der Waals surface area contributed by atoms with Gasteiger partial charge in [-0.2, -0.15) is 0 Å². The Bertz CT molecular complexity index is 1190. The molecule has 2 heterocycles. The van der Waals surface area contributed by atoms with Crippen LogP contribution in [-0.4, -0.2) is 21.8 Å². The second-order valence-electron chi connectivity index (χ2n) is 7.96. The number of hydrogen-bond acceptors (Lipinski definition) is 4. The number of hydrogen-bond donors (Lipinski definition) is 0. The van der Waals surface area contributed by atoms with Crippen LogP contribution >= 0.6 is 15.9 Å². The van der Waals surface area contributed by atoms with E-state index in [4.69, 9.17) is 0 Å². The Morgan fingerprint density at radius 3 is 2.31 bits per heavy atom. The van der Waals surface area contributed by atoms with Crippen LogP contribution in [0.3, 0.4) is 0 Å². The van der Waals surface area contributed by atoms with Crippen molar-refractivity contribution in [3.63, 3.8) is 0 Å². The molecule has 2 fully saturated rings. The molecule has 2 aromatic carbocycles. The number of allylic oxidation sites excluding steroid dienone is 2. The van der Waals surface area contributed by atoms with Crippen LogP contribution in [0.4, 0.5) is 5.69 Å². The van der Waals surface area contributed by atoms with E-state index in [1.165, 1.54) is 4.90 Å². The lowest BCUT2D eigenvalue weighted by Crippen LogP contribution is -2.32. The Morgan fingerprint density at radius 1 is 0.931 bits per heavy atom. The summed E-state index contributed by atoms with van der Waals surface area (Å²) in [7, 11) is 0. The van der Waals surface area contributed by atoms with Crippen molar-refractivity contribution in [2.75, 3.05) is 4.90 Å². The van der Waals surface area contributed by atoms with Gasteiger partial charge in [-0.05, 0) is 54.7 Å². The van der Waals surface area contributed by atoms with Crippen molar-refractivity contribution in [3.05, 3.63) is 65.3 Å². The Morgan fingerprint density at radius 2 is 1.62 bits per heavy atom. The Hall–Kier alpha value is -2.86. The van der Waals surface area contributed by atoms with Crippen LogP contribution in [-0.2, 0) is 9.59 Å². The molecule has 1 aliphatic heterocycles. The molecule has 2 bridgehead atoms. The summed E-state index contributed by atoms with van der Waals surface area (Å²) >= 11 is 3.47. The van der Waals surface area contributed by atoms with Crippen molar-refractivity contribution in [1.82, 2.24) is 9.97 Å². The SMILES string of the molecule is O=C1[C@@H]2[C@H](C(=O)N1c1ccc(-c3ncc4ccc(Br)cc4n3)cc1)[C@@H]1C=C[C@@H]2C1. The Kier molecular flexibility index (Phi) is 3.56. The van der Waals surface area contributed by atoms with E-state index in [0.717, 1.165) is 27.4 Å². The van der Waals surface area contributed by atoms with Crippen LogP contribution in [0.5, 0.6) is 0 Å². The largest absolute Gasteiger partial charge is 0.274 e. The predicted octanol–water partition coefficient (Wildman–Crippen LogP) is 4.37. The summed E-state index contributed by atoms with van der Waals surface area (Å²) in [5.41, 5.74) is 2.33. The summed E-state index contributed by atoms with van der Waals surface area (Å²) < 4.78 is 0.963. The number of anilines is 1. The van der Waals surface area contributed by atoms with Gasteiger partial charge in [0.15, 0.2) is 5.82 Å². The van der Waals surface area contributed by atoms with Gasteiger partial charge in [0.05, 0.1) is 23.0 Å². The molecule has 0 unspecified atom stereocenters. The fourth-order valence-corrected chi connectivity index (χ4v) is 5.40. The number of halogens is 1. The third-order valence-electron chi connectivity index (χ3n) is 6.40. The van der Waals surface area contributed by atoms with E-state index >= 15 is 0 Å². The zero-order valence-corrected chi connectivity index (χ0v) is 16.9. The van der Waals surface area contributed by atoms with Crippen LogP contribution in [0.1, 0.15) is 6.42 Å². The van der Waals surface area contributed by atoms with E-state index in [1.807, 2.05) is 42.5 Å². The van der Waals surface area contributed by atoms with Crippen LogP contribution in [0.2, 0.25) is 0 Å².